The van der Waals surface area contributed by atoms with E-state index in [1.54, 1.807) is 12.1 Å². The Bertz CT molecular complexity index is 1420. The molecule has 0 aromatic heterocycles. The number of rotatable bonds is 8. The Morgan fingerprint density at radius 1 is 0.915 bits per heavy atom. The fraction of sp³-hybridized carbons (Fsp3) is 0.559. The lowest BCUT2D eigenvalue weighted by Gasteiger charge is -2.43. The van der Waals surface area contributed by atoms with E-state index in [1.807, 2.05) is 39.0 Å². The predicted molar refractivity (Wildman–Crippen MR) is 184 cm³/mol. The smallest absolute Gasteiger partial charge is 0.322 e. The molecule has 2 aromatic carbocycles. The van der Waals surface area contributed by atoms with E-state index in [1.165, 1.54) is 25.3 Å². The number of benzene rings is 2. The molecule has 1 unspecified atom stereocenters. The number of piperidine rings is 3. The van der Waals surface area contributed by atoms with Crippen LogP contribution in [0.4, 0.5) is 21.0 Å². The summed E-state index contributed by atoms with van der Waals surface area (Å²) in [5.41, 5.74) is 2.30. The first-order chi connectivity index (χ1) is 22.7. The van der Waals surface area contributed by atoms with Crippen molar-refractivity contribution in [2.75, 3.05) is 49.9 Å². The molecule has 6 rings (SSSR count). The highest BCUT2D eigenvalue weighted by Gasteiger charge is 2.36. The fourth-order valence-corrected chi connectivity index (χ4v) is 7.91. The predicted octanol–water partition coefficient (Wildman–Crippen LogP) is 5.18. The quantitative estimate of drug-likeness (QED) is 0.304. The first-order valence-electron chi connectivity index (χ1n) is 16.9. The van der Waals surface area contributed by atoms with Crippen LogP contribution in [0, 0.1) is 0 Å². The molecule has 4 aliphatic rings. The molecule has 2 atom stereocenters. The number of urea groups is 2. The molecular weight excluding hydrogens is 641 g/mol. The lowest BCUT2D eigenvalue weighted by atomic mass is 9.98. The van der Waals surface area contributed by atoms with Gasteiger partial charge in [-0.25, -0.2) is 9.59 Å². The van der Waals surface area contributed by atoms with E-state index >= 15 is 0 Å². The summed E-state index contributed by atoms with van der Waals surface area (Å²) in [7, 11) is 0. The van der Waals surface area contributed by atoms with Crippen LogP contribution in [0.5, 0.6) is 0 Å². The van der Waals surface area contributed by atoms with Crippen LogP contribution in [0.2, 0.25) is 10.0 Å². The van der Waals surface area contributed by atoms with Crippen LogP contribution in [0.25, 0.3) is 0 Å². The van der Waals surface area contributed by atoms with Gasteiger partial charge in [0.05, 0.1) is 10.7 Å². The normalized spacial score (nSPS) is 21.5. The molecule has 3 saturated heterocycles. The number of amides is 5. The Kier molecular flexibility index (Phi) is 11.1. The van der Waals surface area contributed by atoms with E-state index in [0.29, 0.717) is 62.3 Å². The monoisotopic (exact) mass is 685 g/mol. The maximum atomic E-state index is 13.9. The molecule has 5 amide bonds. The average molecular weight is 687 g/mol. The molecule has 13 heteroatoms. The molecule has 0 radical (unpaired) electrons. The first-order valence-corrected chi connectivity index (χ1v) is 17.6. The van der Waals surface area contributed by atoms with E-state index in [0.717, 1.165) is 37.2 Å². The number of nitrogens with zero attached hydrogens (tertiary/aromatic N) is 4. The number of hydrogen-bond donors (Lipinski definition) is 4. The minimum atomic E-state index is -0.953. The molecule has 3 fully saturated rings. The highest BCUT2D eigenvalue weighted by Crippen LogP contribution is 2.29. The molecule has 0 bridgehead atoms. The van der Waals surface area contributed by atoms with Gasteiger partial charge < -0.3 is 35.8 Å². The first kappa shape index (κ1) is 33.8. The third kappa shape index (κ3) is 8.32. The summed E-state index contributed by atoms with van der Waals surface area (Å²) < 4.78 is 0. The van der Waals surface area contributed by atoms with Crippen LogP contribution in [0.15, 0.2) is 42.5 Å². The molecule has 4 heterocycles. The average Bonchev–Trinajstić information content (AvgIpc) is 3.09. The largest absolute Gasteiger partial charge is 0.378 e. The number of carbonyl (C=O) groups excluding carboxylic acids is 3. The number of carbonyl (C=O) groups is 3. The molecule has 254 valence electrons. The molecule has 0 aliphatic carbocycles. The van der Waals surface area contributed by atoms with E-state index < -0.39 is 18.3 Å². The number of fused-ring (bicyclic) bond motifs is 1. The summed E-state index contributed by atoms with van der Waals surface area (Å²) >= 11 is 12.3. The molecule has 0 saturated carbocycles. The minimum absolute atomic E-state index is 0.0366. The Morgan fingerprint density at radius 2 is 1.62 bits per heavy atom. The number of aliphatic hydroxyl groups is 1. The standard InChI is InChI=1S/C34H45Cl2N7O4/c35-24-8-9-29(27(36)20-24)37-33(46)38-30(32(45)42-18-10-25(11-19-42)40-14-4-1-5-15-40)21-31(44)41-16-12-26(13-17-41)43-22-23-6-2-3-7-28(23)39-34(43)47/h2-3,6-9,20,25-26,30-31,44H,1,4-5,10-19,21-22H2,(H,39,47)(H2,37,38,46)/t30-,31?/m0/s1. The zero-order valence-corrected chi connectivity index (χ0v) is 28.2. The number of hydrogen-bond acceptors (Lipinski definition) is 6. The van der Waals surface area contributed by atoms with E-state index in [9.17, 15) is 19.5 Å². The summed E-state index contributed by atoms with van der Waals surface area (Å²) in [5.74, 6) is -0.197. The fourth-order valence-electron chi connectivity index (χ4n) is 7.46. The lowest BCUT2D eigenvalue weighted by Crippen LogP contribution is -2.56. The topological polar surface area (TPSA) is 120 Å². The Labute approximate surface area is 286 Å². The maximum Gasteiger partial charge on any atom is 0.322 e. The molecule has 2 aromatic rings. The van der Waals surface area contributed by atoms with Crippen molar-refractivity contribution in [3.05, 3.63) is 58.1 Å². The van der Waals surface area contributed by atoms with E-state index in [4.69, 9.17) is 23.2 Å². The van der Waals surface area contributed by atoms with Crippen LogP contribution in [0.1, 0.15) is 56.9 Å². The zero-order valence-electron chi connectivity index (χ0n) is 26.7. The van der Waals surface area contributed by atoms with Gasteiger partial charge in [0.2, 0.25) is 5.91 Å². The molecular formula is C34H45Cl2N7O4. The van der Waals surface area contributed by atoms with Crippen molar-refractivity contribution in [1.82, 2.24) is 24.9 Å². The Hall–Kier alpha value is -3.09. The van der Waals surface area contributed by atoms with Gasteiger partial charge in [0.1, 0.15) is 12.3 Å². The summed E-state index contributed by atoms with van der Waals surface area (Å²) in [6.07, 6.45) is 6.01. The SMILES string of the molecule is O=C(Nc1ccc(Cl)cc1Cl)N[C@@H](CC(O)N1CCC(N2Cc3ccccc3NC2=O)CC1)C(=O)N1CCC(N2CCCCC2)CC1. The molecule has 0 spiro atoms. The number of aliphatic hydroxyl groups excluding tert-OH is 1. The molecule has 4 aliphatic heterocycles. The summed E-state index contributed by atoms with van der Waals surface area (Å²) in [5, 5.41) is 20.7. The van der Waals surface area contributed by atoms with Gasteiger partial charge in [-0.15, -0.1) is 0 Å². The lowest BCUT2D eigenvalue weighted by molar-refractivity contribution is -0.137. The third-order valence-corrected chi connectivity index (χ3v) is 10.7. The van der Waals surface area contributed by atoms with Gasteiger partial charge in [-0.05, 0) is 81.4 Å². The third-order valence-electron chi connectivity index (χ3n) is 10.1. The second-order valence-corrected chi connectivity index (χ2v) is 14.0. The van der Waals surface area contributed by atoms with Crippen LogP contribution in [-0.2, 0) is 11.3 Å². The minimum Gasteiger partial charge on any atom is -0.378 e. The van der Waals surface area contributed by atoms with Gasteiger partial charge >= 0.3 is 12.1 Å². The van der Waals surface area contributed by atoms with E-state index in [-0.39, 0.29) is 29.4 Å². The number of anilines is 2. The van der Waals surface area contributed by atoms with Gasteiger partial charge in [-0.3, -0.25) is 9.69 Å². The van der Waals surface area contributed by atoms with Gasteiger partial charge in [0.25, 0.3) is 0 Å². The van der Waals surface area contributed by atoms with Crippen molar-refractivity contribution in [2.45, 2.75) is 82.3 Å². The Balaban J connectivity index is 1.07. The van der Waals surface area contributed by atoms with Gasteiger partial charge in [-0.2, -0.15) is 0 Å². The molecule has 4 N–H and O–H groups in total. The van der Waals surface area contributed by atoms with Gasteiger partial charge in [0, 0.05) is 61.9 Å². The van der Waals surface area contributed by atoms with Crippen LogP contribution in [-0.4, -0.2) is 106 Å². The highest BCUT2D eigenvalue weighted by atomic mass is 35.5. The number of para-hydroxylation sites is 1. The van der Waals surface area contributed by atoms with Crippen LogP contribution >= 0.6 is 23.2 Å². The Morgan fingerprint density at radius 3 is 2.34 bits per heavy atom. The number of likely N-dealkylation sites (tertiary alicyclic amines) is 3. The second-order valence-electron chi connectivity index (χ2n) is 13.1. The van der Waals surface area contributed by atoms with Crippen molar-refractivity contribution >= 4 is 52.5 Å². The number of halogens is 2. The van der Waals surface area contributed by atoms with Gasteiger partial charge in [-0.1, -0.05) is 47.8 Å². The van der Waals surface area contributed by atoms with Gasteiger partial charge in [0.15, 0.2) is 0 Å². The highest BCUT2D eigenvalue weighted by molar-refractivity contribution is 6.36. The maximum absolute atomic E-state index is 13.9. The summed E-state index contributed by atoms with van der Waals surface area (Å²) in [6.45, 7) is 5.15. The van der Waals surface area contributed by atoms with Crippen molar-refractivity contribution < 1.29 is 19.5 Å². The molecule has 47 heavy (non-hydrogen) atoms. The molecule has 11 nitrogen and oxygen atoms in total. The van der Waals surface area contributed by atoms with Crippen LogP contribution < -0.4 is 16.0 Å². The van der Waals surface area contributed by atoms with Crippen molar-refractivity contribution in [2.24, 2.45) is 0 Å². The van der Waals surface area contributed by atoms with E-state index in [2.05, 4.69) is 20.9 Å². The van der Waals surface area contributed by atoms with Crippen molar-refractivity contribution in [3.8, 4) is 0 Å². The zero-order chi connectivity index (χ0) is 32.9. The summed E-state index contributed by atoms with van der Waals surface area (Å²) in [6, 6.07) is 11.5. The number of nitrogens with one attached hydrogen (secondary N) is 3. The second kappa shape index (κ2) is 15.4. The van der Waals surface area contributed by atoms with Crippen LogP contribution in [0.3, 0.4) is 0 Å². The van der Waals surface area contributed by atoms with Crippen molar-refractivity contribution in [3.63, 3.8) is 0 Å². The van der Waals surface area contributed by atoms with Crippen molar-refractivity contribution in [1.29, 1.82) is 0 Å². The summed E-state index contributed by atoms with van der Waals surface area (Å²) in [4.78, 5) is 48.2.